The molecule has 0 unspecified atom stereocenters. The van der Waals surface area contributed by atoms with E-state index in [0.29, 0.717) is 13.0 Å². The number of carbonyl (C=O) groups is 1. The van der Waals surface area contributed by atoms with Gasteiger partial charge in [0.05, 0.1) is 11.7 Å². The van der Waals surface area contributed by atoms with E-state index in [1.165, 1.54) is 5.56 Å². The summed E-state index contributed by atoms with van der Waals surface area (Å²) in [6, 6.07) is 13.8. The van der Waals surface area contributed by atoms with Crippen LogP contribution in [-0.2, 0) is 17.6 Å². The fourth-order valence-corrected chi connectivity index (χ4v) is 2.82. The Morgan fingerprint density at radius 3 is 2.79 bits per heavy atom. The quantitative estimate of drug-likeness (QED) is 0.712. The molecule has 0 saturated heterocycles. The van der Waals surface area contributed by atoms with E-state index in [0.717, 1.165) is 35.6 Å². The molecule has 24 heavy (non-hydrogen) atoms. The molecular formula is C19H20ClN3O. The Balaban J connectivity index is 1.39. The van der Waals surface area contributed by atoms with Crippen LogP contribution in [0.5, 0.6) is 0 Å². The molecule has 3 rings (SSSR count). The molecule has 124 valence electrons. The second-order valence-electron chi connectivity index (χ2n) is 5.75. The lowest BCUT2D eigenvalue weighted by Crippen LogP contribution is -2.26. The Morgan fingerprint density at radius 1 is 1.12 bits per heavy atom. The van der Waals surface area contributed by atoms with Gasteiger partial charge in [-0.3, -0.25) is 4.79 Å². The molecule has 3 aromatic rings. The Labute approximate surface area is 146 Å². The molecule has 1 amide bonds. The fourth-order valence-electron chi connectivity index (χ4n) is 2.69. The van der Waals surface area contributed by atoms with Gasteiger partial charge in [0.25, 0.3) is 0 Å². The zero-order valence-electron chi connectivity index (χ0n) is 13.4. The molecule has 0 aliphatic carbocycles. The largest absolute Gasteiger partial charge is 0.356 e. The Hall–Kier alpha value is -2.33. The van der Waals surface area contributed by atoms with Gasteiger partial charge in [-0.25, -0.2) is 4.98 Å². The number of nitrogens with one attached hydrogen (secondary N) is 1. The Kier molecular flexibility index (Phi) is 5.49. The predicted molar refractivity (Wildman–Crippen MR) is 96.3 cm³/mol. The summed E-state index contributed by atoms with van der Waals surface area (Å²) in [6.07, 6.45) is 6.82. The van der Waals surface area contributed by atoms with Crippen LogP contribution in [0.15, 0.2) is 54.9 Å². The second kappa shape index (κ2) is 7.97. The summed E-state index contributed by atoms with van der Waals surface area (Å²) < 4.78 is 2.05. The van der Waals surface area contributed by atoms with E-state index in [1.807, 2.05) is 59.3 Å². The number of hydrogen-bond acceptors (Lipinski definition) is 2. The van der Waals surface area contributed by atoms with Crippen molar-refractivity contribution >= 4 is 23.0 Å². The highest BCUT2D eigenvalue weighted by atomic mass is 35.5. The number of carbonyl (C=O) groups excluding carboxylic acids is 1. The van der Waals surface area contributed by atoms with Crippen molar-refractivity contribution in [2.45, 2.75) is 25.7 Å². The van der Waals surface area contributed by atoms with Gasteiger partial charge in [-0.15, -0.1) is 0 Å². The minimum atomic E-state index is 0.0878. The second-order valence-corrected chi connectivity index (χ2v) is 6.19. The number of pyridine rings is 1. The van der Waals surface area contributed by atoms with E-state index in [-0.39, 0.29) is 5.91 Å². The monoisotopic (exact) mass is 341 g/mol. The standard InChI is InChI=1S/C19H20ClN3O/c20-16-9-7-15(8-10-16)4-3-6-19(24)21-12-11-18-22-14-17-5-1-2-13-23(17)18/h1-2,5,7-10,13-14H,3-4,6,11-12H2,(H,21,24). The molecule has 2 heterocycles. The van der Waals surface area contributed by atoms with Crippen molar-refractivity contribution in [3.8, 4) is 0 Å². The van der Waals surface area contributed by atoms with Crippen LogP contribution in [0, 0.1) is 0 Å². The van der Waals surface area contributed by atoms with Crippen molar-refractivity contribution in [1.29, 1.82) is 0 Å². The molecule has 1 N–H and O–H groups in total. The molecule has 0 aliphatic heterocycles. The van der Waals surface area contributed by atoms with E-state index in [1.54, 1.807) is 0 Å². The first-order valence-electron chi connectivity index (χ1n) is 8.14. The average molecular weight is 342 g/mol. The van der Waals surface area contributed by atoms with Crippen molar-refractivity contribution in [3.05, 3.63) is 71.3 Å². The molecule has 0 fully saturated rings. The third kappa shape index (κ3) is 4.36. The third-order valence-electron chi connectivity index (χ3n) is 3.97. The van der Waals surface area contributed by atoms with Crippen molar-refractivity contribution < 1.29 is 4.79 Å². The van der Waals surface area contributed by atoms with Crippen LogP contribution in [0.2, 0.25) is 5.02 Å². The summed E-state index contributed by atoms with van der Waals surface area (Å²) in [6.45, 7) is 0.605. The molecule has 0 atom stereocenters. The van der Waals surface area contributed by atoms with E-state index in [2.05, 4.69) is 10.3 Å². The molecule has 0 radical (unpaired) electrons. The van der Waals surface area contributed by atoms with E-state index >= 15 is 0 Å². The lowest BCUT2D eigenvalue weighted by atomic mass is 10.1. The van der Waals surface area contributed by atoms with Crippen LogP contribution >= 0.6 is 11.6 Å². The van der Waals surface area contributed by atoms with Gasteiger partial charge in [0.1, 0.15) is 5.82 Å². The maximum absolute atomic E-state index is 11.9. The zero-order chi connectivity index (χ0) is 16.8. The number of amides is 1. The minimum Gasteiger partial charge on any atom is -0.356 e. The Bertz CT molecular complexity index is 811. The maximum Gasteiger partial charge on any atom is 0.220 e. The van der Waals surface area contributed by atoms with Crippen LogP contribution in [0.4, 0.5) is 0 Å². The number of aryl methyl sites for hydroxylation is 1. The van der Waals surface area contributed by atoms with Gasteiger partial charge in [0.2, 0.25) is 5.91 Å². The van der Waals surface area contributed by atoms with Crippen molar-refractivity contribution in [2.75, 3.05) is 6.54 Å². The van der Waals surface area contributed by atoms with Gasteiger partial charge in [0.15, 0.2) is 0 Å². The lowest BCUT2D eigenvalue weighted by Gasteiger charge is -2.05. The summed E-state index contributed by atoms with van der Waals surface area (Å²) >= 11 is 5.86. The summed E-state index contributed by atoms with van der Waals surface area (Å²) in [7, 11) is 0. The van der Waals surface area contributed by atoms with Gasteiger partial charge in [0, 0.05) is 30.6 Å². The van der Waals surface area contributed by atoms with Crippen molar-refractivity contribution in [2.24, 2.45) is 0 Å². The van der Waals surface area contributed by atoms with Gasteiger partial charge in [-0.2, -0.15) is 0 Å². The number of halogens is 1. The van der Waals surface area contributed by atoms with Gasteiger partial charge in [-0.05, 0) is 42.7 Å². The van der Waals surface area contributed by atoms with E-state index in [9.17, 15) is 4.79 Å². The number of benzene rings is 1. The van der Waals surface area contributed by atoms with Crippen molar-refractivity contribution in [1.82, 2.24) is 14.7 Å². The van der Waals surface area contributed by atoms with Gasteiger partial charge < -0.3 is 9.72 Å². The van der Waals surface area contributed by atoms with E-state index < -0.39 is 0 Å². The van der Waals surface area contributed by atoms with Crippen LogP contribution < -0.4 is 5.32 Å². The molecule has 0 spiro atoms. The maximum atomic E-state index is 11.9. The predicted octanol–water partition coefficient (Wildman–Crippen LogP) is 3.67. The number of nitrogens with zero attached hydrogens (tertiary/aromatic N) is 2. The number of imidazole rings is 1. The highest BCUT2D eigenvalue weighted by molar-refractivity contribution is 6.30. The highest BCUT2D eigenvalue weighted by Crippen LogP contribution is 2.11. The molecule has 0 bridgehead atoms. The van der Waals surface area contributed by atoms with Crippen LogP contribution in [0.25, 0.3) is 5.52 Å². The molecule has 0 saturated carbocycles. The van der Waals surface area contributed by atoms with Gasteiger partial charge >= 0.3 is 0 Å². The first-order chi connectivity index (χ1) is 11.7. The number of rotatable bonds is 7. The summed E-state index contributed by atoms with van der Waals surface area (Å²) in [5.41, 5.74) is 2.28. The van der Waals surface area contributed by atoms with Crippen LogP contribution in [0.3, 0.4) is 0 Å². The first-order valence-corrected chi connectivity index (χ1v) is 8.52. The molecule has 4 nitrogen and oxygen atoms in total. The SMILES string of the molecule is O=C(CCCc1ccc(Cl)cc1)NCCc1ncc2ccccn12. The first kappa shape index (κ1) is 16.5. The molecule has 0 aliphatic rings. The summed E-state index contributed by atoms with van der Waals surface area (Å²) in [4.78, 5) is 16.3. The normalized spacial score (nSPS) is 10.9. The molecule has 5 heteroatoms. The number of fused-ring (bicyclic) bond motifs is 1. The van der Waals surface area contributed by atoms with Crippen LogP contribution in [0.1, 0.15) is 24.2 Å². The zero-order valence-corrected chi connectivity index (χ0v) is 14.2. The molecular weight excluding hydrogens is 322 g/mol. The molecule has 1 aromatic carbocycles. The highest BCUT2D eigenvalue weighted by Gasteiger charge is 2.05. The molecule has 2 aromatic heterocycles. The average Bonchev–Trinajstić information content (AvgIpc) is 3.00. The smallest absolute Gasteiger partial charge is 0.220 e. The topological polar surface area (TPSA) is 46.4 Å². The minimum absolute atomic E-state index is 0.0878. The Morgan fingerprint density at radius 2 is 1.96 bits per heavy atom. The number of aromatic nitrogens is 2. The van der Waals surface area contributed by atoms with Crippen LogP contribution in [-0.4, -0.2) is 21.8 Å². The summed E-state index contributed by atoms with van der Waals surface area (Å²) in [5.74, 6) is 1.05. The van der Waals surface area contributed by atoms with Crippen molar-refractivity contribution in [3.63, 3.8) is 0 Å². The van der Waals surface area contributed by atoms with Gasteiger partial charge in [-0.1, -0.05) is 29.8 Å². The lowest BCUT2D eigenvalue weighted by molar-refractivity contribution is -0.121. The summed E-state index contributed by atoms with van der Waals surface area (Å²) in [5, 5.41) is 3.71. The van der Waals surface area contributed by atoms with E-state index in [4.69, 9.17) is 11.6 Å². The fraction of sp³-hybridized carbons (Fsp3) is 0.263. The third-order valence-corrected chi connectivity index (χ3v) is 4.22. The number of hydrogen-bond donors (Lipinski definition) is 1.